The molecule has 0 aliphatic carbocycles. The highest BCUT2D eigenvalue weighted by Crippen LogP contribution is 1.74. The number of allylic oxidation sites excluding steroid dienone is 2. The Morgan fingerprint density at radius 1 is 1.25 bits per heavy atom. The topological polar surface area (TPSA) is 9.23 Å². The molecule has 0 aliphatic heterocycles. The van der Waals surface area contributed by atoms with Gasteiger partial charge < -0.3 is 4.43 Å². The lowest BCUT2D eigenvalue weighted by Gasteiger charge is -1.89. The van der Waals surface area contributed by atoms with Gasteiger partial charge in [-0.15, -0.1) is 0 Å². The highest BCUT2D eigenvalue weighted by molar-refractivity contribution is 6.34. The minimum absolute atomic E-state index is 0.367. The van der Waals surface area contributed by atoms with Gasteiger partial charge in [-0.3, -0.25) is 0 Å². The van der Waals surface area contributed by atoms with Crippen LogP contribution in [0.2, 0.25) is 0 Å². The van der Waals surface area contributed by atoms with Gasteiger partial charge in [-0.1, -0.05) is 17.9 Å². The van der Waals surface area contributed by atoms with Crippen molar-refractivity contribution < 1.29 is 4.43 Å². The van der Waals surface area contributed by atoms with Crippen LogP contribution in [0.3, 0.4) is 0 Å². The van der Waals surface area contributed by atoms with Crippen molar-refractivity contribution in [1.82, 2.24) is 0 Å². The third kappa shape index (κ3) is 5.50. The van der Waals surface area contributed by atoms with Crippen LogP contribution in [0.4, 0.5) is 0 Å². The van der Waals surface area contributed by atoms with E-state index in [2.05, 4.69) is 5.70 Å². The summed E-state index contributed by atoms with van der Waals surface area (Å²) in [5.74, 6) is 0. The average molecular weight is 128 g/mol. The second-order valence-corrected chi connectivity index (χ2v) is 2.51. The molecule has 0 aromatic heterocycles. The van der Waals surface area contributed by atoms with Crippen molar-refractivity contribution >= 4 is 9.76 Å². The second kappa shape index (κ2) is 6.50. The molecule has 0 spiro atoms. The number of hydrogen-bond donors (Lipinski definition) is 0. The highest BCUT2D eigenvalue weighted by atomic mass is 28.2. The summed E-state index contributed by atoms with van der Waals surface area (Å²) in [5, 5.41) is 0. The monoisotopic (exact) mass is 128 g/mol. The molecule has 0 atom stereocenters. The maximum Gasteiger partial charge on any atom is 0.243 e. The van der Waals surface area contributed by atoms with Gasteiger partial charge >= 0.3 is 0 Å². The van der Waals surface area contributed by atoms with E-state index in [-0.39, 0.29) is 9.76 Å². The molecule has 0 saturated heterocycles. The van der Waals surface area contributed by atoms with Crippen LogP contribution >= 0.6 is 0 Å². The van der Waals surface area contributed by atoms with Crippen molar-refractivity contribution in [3.63, 3.8) is 0 Å². The van der Waals surface area contributed by atoms with E-state index >= 15 is 0 Å². The molecule has 8 heavy (non-hydrogen) atoms. The van der Waals surface area contributed by atoms with Gasteiger partial charge in [-0.25, -0.2) is 0 Å². The Hall–Kier alpha value is -0.503. The van der Waals surface area contributed by atoms with Gasteiger partial charge in [0.05, 0.1) is 6.26 Å². The molecule has 0 saturated carbocycles. The van der Waals surface area contributed by atoms with E-state index in [1.54, 1.807) is 6.26 Å². The lowest BCUT2D eigenvalue weighted by molar-refractivity contribution is 0.522. The standard InChI is InChI=1S/C6H12OSi/c1-3-5-7-8-6-4-2/h3-6H,8H2,1-2H3. The van der Waals surface area contributed by atoms with E-state index in [1.807, 2.05) is 26.0 Å². The molecule has 1 nitrogen and oxygen atoms in total. The summed E-state index contributed by atoms with van der Waals surface area (Å²) in [6.45, 7) is 3.95. The van der Waals surface area contributed by atoms with Crippen LogP contribution in [0.1, 0.15) is 13.8 Å². The Balaban J connectivity index is 2.93. The molecule has 0 bridgehead atoms. The Kier molecular flexibility index (Phi) is 6.09. The van der Waals surface area contributed by atoms with Gasteiger partial charge in [0.15, 0.2) is 0 Å². The van der Waals surface area contributed by atoms with E-state index in [1.165, 1.54) is 0 Å². The zero-order valence-corrected chi connectivity index (χ0v) is 6.84. The van der Waals surface area contributed by atoms with Crippen LogP contribution in [0.15, 0.2) is 24.1 Å². The summed E-state index contributed by atoms with van der Waals surface area (Å²) in [6, 6.07) is 0. The van der Waals surface area contributed by atoms with Crippen molar-refractivity contribution in [1.29, 1.82) is 0 Å². The van der Waals surface area contributed by atoms with E-state index in [0.717, 1.165) is 0 Å². The number of hydrogen-bond acceptors (Lipinski definition) is 1. The van der Waals surface area contributed by atoms with E-state index in [0.29, 0.717) is 0 Å². The first-order chi connectivity index (χ1) is 3.91. The van der Waals surface area contributed by atoms with Crippen molar-refractivity contribution in [2.45, 2.75) is 13.8 Å². The SMILES string of the molecule is CC=CO[SiH2]C=CC. The van der Waals surface area contributed by atoms with Crippen molar-refractivity contribution in [3.05, 3.63) is 24.1 Å². The summed E-state index contributed by atoms with van der Waals surface area (Å²) in [5.41, 5.74) is 2.10. The van der Waals surface area contributed by atoms with Crippen LogP contribution in [-0.4, -0.2) is 9.76 Å². The quantitative estimate of drug-likeness (QED) is 0.315. The van der Waals surface area contributed by atoms with Gasteiger partial charge in [0, 0.05) is 0 Å². The molecule has 0 aliphatic rings. The van der Waals surface area contributed by atoms with E-state index in [9.17, 15) is 0 Å². The zero-order valence-electron chi connectivity index (χ0n) is 5.42. The average Bonchev–Trinajstić information content (AvgIpc) is 1.81. The Morgan fingerprint density at radius 3 is 2.50 bits per heavy atom. The molecule has 0 unspecified atom stereocenters. The Bertz CT molecular complexity index is 74.5. The van der Waals surface area contributed by atoms with Crippen molar-refractivity contribution in [2.24, 2.45) is 0 Å². The summed E-state index contributed by atoms with van der Waals surface area (Å²) < 4.78 is 5.09. The van der Waals surface area contributed by atoms with Crippen LogP contribution in [0.25, 0.3) is 0 Å². The fraction of sp³-hybridized carbons (Fsp3) is 0.333. The molecular weight excluding hydrogens is 116 g/mol. The highest BCUT2D eigenvalue weighted by Gasteiger charge is 1.70. The summed E-state index contributed by atoms with van der Waals surface area (Å²) in [6.07, 6.45) is 5.67. The van der Waals surface area contributed by atoms with E-state index < -0.39 is 0 Å². The molecule has 0 aromatic carbocycles. The first-order valence-electron chi connectivity index (χ1n) is 2.75. The molecule has 0 fully saturated rings. The number of rotatable bonds is 3. The van der Waals surface area contributed by atoms with Gasteiger partial charge in [-0.2, -0.15) is 0 Å². The van der Waals surface area contributed by atoms with Crippen LogP contribution in [0.5, 0.6) is 0 Å². The second-order valence-electron chi connectivity index (χ2n) is 1.37. The molecule has 0 amide bonds. The normalized spacial score (nSPS) is 12.8. The summed E-state index contributed by atoms with van der Waals surface area (Å²) in [7, 11) is -0.367. The maximum absolute atomic E-state index is 5.09. The van der Waals surface area contributed by atoms with Gasteiger partial charge in [-0.05, 0) is 13.8 Å². The van der Waals surface area contributed by atoms with Crippen LogP contribution in [-0.2, 0) is 4.43 Å². The fourth-order valence-corrected chi connectivity index (χ4v) is 0.911. The van der Waals surface area contributed by atoms with Crippen LogP contribution in [0, 0.1) is 0 Å². The zero-order chi connectivity index (χ0) is 6.24. The molecule has 0 aromatic rings. The minimum atomic E-state index is -0.367. The van der Waals surface area contributed by atoms with Gasteiger partial charge in [0.25, 0.3) is 0 Å². The summed E-state index contributed by atoms with van der Waals surface area (Å²) in [4.78, 5) is 0. The lowest BCUT2D eigenvalue weighted by Crippen LogP contribution is -1.84. The van der Waals surface area contributed by atoms with Gasteiger partial charge in [0.1, 0.15) is 0 Å². The largest absolute Gasteiger partial charge is 0.551 e. The van der Waals surface area contributed by atoms with Crippen LogP contribution < -0.4 is 0 Å². The predicted octanol–water partition coefficient (Wildman–Crippen LogP) is 1.15. The smallest absolute Gasteiger partial charge is 0.243 e. The fourth-order valence-electron chi connectivity index (χ4n) is 0.304. The van der Waals surface area contributed by atoms with Crippen molar-refractivity contribution in [2.75, 3.05) is 0 Å². The van der Waals surface area contributed by atoms with Gasteiger partial charge in [0.2, 0.25) is 9.76 Å². The predicted molar refractivity (Wildman–Crippen MR) is 39.3 cm³/mol. The first-order valence-corrected chi connectivity index (χ1v) is 4.15. The third-order valence-corrected chi connectivity index (χ3v) is 1.71. The molecular formula is C6H12OSi. The third-order valence-electron chi connectivity index (χ3n) is 0.660. The first kappa shape index (κ1) is 7.50. The van der Waals surface area contributed by atoms with Crippen molar-refractivity contribution in [3.8, 4) is 0 Å². The lowest BCUT2D eigenvalue weighted by atomic mass is 10.8. The molecule has 46 valence electrons. The van der Waals surface area contributed by atoms with E-state index in [4.69, 9.17) is 4.43 Å². The Morgan fingerprint density at radius 2 is 2.00 bits per heavy atom. The molecule has 2 heteroatoms. The minimum Gasteiger partial charge on any atom is -0.551 e. The Labute approximate surface area is 53.0 Å². The molecule has 0 radical (unpaired) electrons. The molecule has 0 rings (SSSR count). The summed E-state index contributed by atoms with van der Waals surface area (Å²) >= 11 is 0. The molecule has 0 N–H and O–H groups in total. The maximum atomic E-state index is 5.09. The molecule has 0 heterocycles.